The van der Waals surface area contributed by atoms with E-state index in [4.69, 9.17) is 9.47 Å². The molecule has 1 aliphatic heterocycles. The Hall–Kier alpha value is -0.810. The summed E-state index contributed by atoms with van der Waals surface area (Å²) in [6, 6.07) is -0.0221. The maximum Gasteiger partial charge on any atom is 0.410 e. The molecule has 1 atom stereocenters. The third-order valence-electron chi connectivity index (χ3n) is 3.23. The van der Waals surface area contributed by atoms with Gasteiger partial charge in [0, 0.05) is 12.1 Å². The molecule has 0 aliphatic carbocycles. The summed E-state index contributed by atoms with van der Waals surface area (Å²) in [4.78, 5) is 14.0. The molecule has 1 fully saturated rings. The Morgan fingerprint density at radius 1 is 1.33 bits per heavy atom. The van der Waals surface area contributed by atoms with Crippen LogP contribution in [0.15, 0.2) is 0 Å². The van der Waals surface area contributed by atoms with Gasteiger partial charge < -0.3 is 14.8 Å². The quantitative estimate of drug-likeness (QED) is 0.817. The lowest BCUT2D eigenvalue weighted by Gasteiger charge is -2.44. The smallest absolute Gasteiger partial charge is 0.410 e. The summed E-state index contributed by atoms with van der Waals surface area (Å²) in [6.45, 7) is 11.4. The van der Waals surface area contributed by atoms with Crippen LogP contribution in [0.5, 0.6) is 0 Å². The minimum Gasteiger partial charge on any atom is -0.444 e. The Morgan fingerprint density at radius 3 is 2.44 bits per heavy atom. The highest BCUT2D eigenvalue weighted by molar-refractivity contribution is 5.69. The van der Waals surface area contributed by atoms with E-state index in [0.29, 0.717) is 19.8 Å². The zero-order valence-electron chi connectivity index (χ0n) is 12.4. The van der Waals surface area contributed by atoms with Crippen LogP contribution in [-0.2, 0) is 9.47 Å². The molecule has 1 N–H and O–H groups in total. The minimum atomic E-state index is -0.469. The van der Waals surface area contributed by atoms with Gasteiger partial charge in [-0.3, -0.25) is 4.90 Å². The molecule has 0 aromatic carbocycles. The van der Waals surface area contributed by atoms with Gasteiger partial charge in [0.15, 0.2) is 0 Å². The number of nitrogens with one attached hydrogen (secondary N) is 1. The maximum atomic E-state index is 12.2. The van der Waals surface area contributed by atoms with Crippen molar-refractivity contribution in [3.63, 3.8) is 0 Å². The molecule has 18 heavy (non-hydrogen) atoms. The Kier molecular flexibility index (Phi) is 4.61. The van der Waals surface area contributed by atoms with Crippen LogP contribution in [0, 0.1) is 0 Å². The van der Waals surface area contributed by atoms with Crippen LogP contribution in [-0.4, -0.2) is 55.0 Å². The molecule has 106 valence electrons. The van der Waals surface area contributed by atoms with Crippen molar-refractivity contribution in [2.75, 3.05) is 26.8 Å². The first-order valence-corrected chi connectivity index (χ1v) is 6.43. The van der Waals surface area contributed by atoms with E-state index in [0.717, 1.165) is 0 Å². The molecule has 0 radical (unpaired) electrons. The molecule has 0 saturated carbocycles. The fraction of sp³-hybridized carbons (Fsp3) is 0.923. The summed E-state index contributed by atoms with van der Waals surface area (Å²) in [6.07, 6.45) is -0.265. The summed E-state index contributed by atoms with van der Waals surface area (Å²) < 4.78 is 10.9. The van der Waals surface area contributed by atoms with E-state index in [2.05, 4.69) is 19.2 Å². The molecule has 0 spiro atoms. The number of carbonyl (C=O) groups is 1. The summed E-state index contributed by atoms with van der Waals surface area (Å²) in [5, 5.41) is 3.23. The van der Waals surface area contributed by atoms with Gasteiger partial charge in [0.25, 0.3) is 0 Å². The van der Waals surface area contributed by atoms with Crippen molar-refractivity contribution in [2.24, 2.45) is 0 Å². The van der Waals surface area contributed by atoms with Crippen molar-refractivity contribution in [2.45, 2.75) is 51.8 Å². The Morgan fingerprint density at radius 2 is 1.94 bits per heavy atom. The number of amides is 1. The normalized spacial score (nSPS) is 21.9. The van der Waals surface area contributed by atoms with E-state index in [1.54, 1.807) is 4.90 Å². The monoisotopic (exact) mass is 258 g/mol. The van der Waals surface area contributed by atoms with Crippen LogP contribution < -0.4 is 5.32 Å². The van der Waals surface area contributed by atoms with Crippen molar-refractivity contribution >= 4 is 6.09 Å². The average molecular weight is 258 g/mol. The van der Waals surface area contributed by atoms with E-state index >= 15 is 0 Å². The van der Waals surface area contributed by atoms with Crippen molar-refractivity contribution < 1.29 is 14.3 Å². The highest BCUT2D eigenvalue weighted by atomic mass is 16.6. The van der Waals surface area contributed by atoms with Crippen molar-refractivity contribution in [3.05, 3.63) is 0 Å². The highest BCUT2D eigenvalue weighted by Gasteiger charge is 2.39. The van der Waals surface area contributed by atoms with Crippen LogP contribution in [0.2, 0.25) is 0 Å². The van der Waals surface area contributed by atoms with Gasteiger partial charge >= 0.3 is 6.09 Å². The first-order chi connectivity index (χ1) is 8.17. The number of rotatable bonds is 2. The Balaban J connectivity index is 2.80. The summed E-state index contributed by atoms with van der Waals surface area (Å²) in [5.41, 5.74) is -0.680. The minimum absolute atomic E-state index is 0.0221. The molecule has 1 unspecified atom stereocenters. The van der Waals surface area contributed by atoms with Gasteiger partial charge in [0.2, 0.25) is 0 Å². The SMILES string of the molecule is CNC(C)(C)C1COCCN1C(=O)OC(C)(C)C. The second kappa shape index (κ2) is 5.45. The van der Waals surface area contributed by atoms with E-state index in [-0.39, 0.29) is 17.7 Å². The van der Waals surface area contributed by atoms with Crippen molar-refractivity contribution in [1.29, 1.82) is 0 Å². The van der Waals surface area contributed by atoms with E-state index in [1.807, 2.05) is 27.8 Å². The predicted molar refractivity (Wildman–Crippen MR) is 70.7 cm³/mol. The molecule has 5 heteroatoms. The van der Waals surface area contributed by atoms with Gasteiger partial charge in [0.05, 0.1) is 19.3 Å². The molecule has 1 heterocycles. The first kappa shape index (κ1) is 15.2. The molecular formula is C13H26N2O3. The molecule has 0 bridgehead atoms. The Bertz CT molecular complexity index is 297. The van der Waals surface area contributed by atoms with Crippen LogP contribution in [0.4, 0.5) is 4.79 Å². The number of carbonyl (C=O) groups excluding carboxylic acids is 1. The van der Waals surface area contributed by atoms with Crippen LogP contribution in [0.25, 0.3) is 0 Å². The molecule has 5 nitrogen and oxygen atoms in total. The largest absolute Gasteiger partial charge is 0.444 e. The molecule has 0 aromatic rings. The van der Waals surface area contributed by atoms with E-state index in [9.17, 15) is 4.79 Å². The topological polar surface area (TPSA) is 50.8 Å². The highest BCUT2D eigenvalue weighted by Crippen LogP contribution is 2.21. The van der Waals surface area contributed by atoms with Gasteiger partial charge in [-0.15, -0.1) is 0 Å². The maximum absolute atomic E-state index is 12.2. The van der Waals surface area contributed by atoms with Crippen molar-refractivity contribution in [3.8, 4) is 0 Å². The molecular weight excluding hydrogens is 232 g/mol. The number of nitrogens with zero attached hydrogens (tertiary/aromatic N) is 1. The van der Waals surface area contributed by atoms with Gasteiger partial charge in [-0.2, -0.15) is 0 Å². The fourth-order valence-corrected chi connectivity index (χ4v) is 1.91. The number of hydrogen-bond donors (Lipinski definition) is 1. The number of hydrogen-bond acceptors (Lipinski definition) is 4. The Labute approximate surface area is 110 Å². The summed E-state index contributed by atoms with van der Waals surface area (Å²) in [5.74, 6) is 0. The summed E-state index contributed by atoms with van der Waals surface area (Å²) >= 11 is 0. The molecule has 1 aliphatic rings. The molecule has 1 saturated heterocycles. The lowest BCUT2D eigenvalue weighted by Crippen LogP contribution is -2.63. The van der Waals surface area contributed by atoms with Gasteiger partial charge in [-0.05, 0) is 41.7 Å². The van der Waals surface area contributed by atoms with Gasteiger partial charge in [-0.1, -0.05) is 0 Å². The molecule has 1 amide bonds. The van der Waals surface area contributed by atoms with Crippen LogP contribution in [0.1, 0.15) is 34.6 Å². The molecule has 1 rings (SSSR count). The lowest BCUT2D eigenvalue weighted by molar-refractivity contribution is -0.0514. The average Bonchev–Trinajstić information content (AvgIpc) is 2.27. The second-order valence-corrected chi connectivity index (χ2v) is 6.24. The second-order valence-electron chi connectivity index (χ2n) is 6.24. The van der Waals surface area contributed by atoms with Gasteiger partial charge in [0.1, 0.15) is 5.60 Å². The standard InChI is InChI=1S/C13H26N2O3/c1-12(2,3)18-11(16)15-7-8-17-9-10(15)13(4,5)14-6/h10,14H,7-9H2,1-6H3. The zero-order valence-corrected chi connectivity index (χ0v) is 12.4. The predicted octanol–water partition coefficient (Wildman–Crippen LogP) is 1.62. The zero-order chi connectivity index (χ0) is 14.0. The van der Waals surface area contributed by atoms with Crippen LogP contribution in [0.3, 0.4) is 0 Å². The van der Waals surface area contributed by atoms with Crippen LogP contribution >= 0.6 is 0 Å². The van der Waals surface area contributed by atoms with Crippen molar-refractivity contribution in [1.82, 2.24) is 10.2 Å². The van der Waals surface area contributed by atoms with Gasteiger partial charge in [-0.25, -0.2) is 4.79 Å². The lowest BCUT2D eigenvalue weighted by atomic mass is 9.93. The first-order valence-electron chi connectivity index (χ1n) is 6.43. The molecule has 0 aromatic heterocycles. The fourth-order valence-electron chi connectivity index (χ4n) is 1.91. The third kappa shape index (κ3) is 3.85. The summed E-state index contributed by atoms with van der Waals surface area (Å²) in [7, 11) is 1.89. The third-order valence-corrected chi connectivity index (χ3v) is 3.23. The number of likely N-dealkylation sites (N-methyl/N-ethyl adjacent to an activating group) is 1. The number of ether oxygens (including phenoxy) is 2. The van der Waals surface area contributed by atoms with E-state index in [1.165, 1.54) is 0 Å². The van der Waals surface area contributed by atoms with E-state index < -0.39 is 5.60 Å². The number of morpholine rings is 1.